The minimum atomic E-state index is -0.876. The van der Waals surface area contributed by atoms with Gasteiger partial charge in [-0.3, -0.25) is 9.59 Å². The first-order valence-electron chi connectivity index (χ1n) is 4.71. The van der Waals surface area contributed by atoms with Crippen molar-refractivity contribution in [3.05, 3.63) is 29.0 Å². The Labute approximate surface area is 97.4 Å². The molecule has 16 heavy (non-hydrogen) atoms. The molecule has 0 unspecified atom stereocenters. The second kappa shape index (κ2) is 6.07. The molecule has 1 aromatic heterocycles. The maximum atomic E-state index is 11.4. The quantitative estimate of drug-likeness (QED) is 0.764. The molecule has 0 bridgehead atoms. The number of carboxylic acids is 1. The van der Waals surface area contributed by atoms with Crippen LogP contribution in [0.15, 0.2) is 18.3 Å². The van der Waals surface area contributed by atoms with Gasteiger partial charge >= 0.3 is 5.97 Å². The van der Waals surface area contributed by atoms with Crippen molar-refractivity contribution < 1.29 is 14.7 Å². The number of amides is 1. The Hall–Kier alpha value is -1.62. The number of carbonyl (C=O) groups excluding carboxylic acids is 1. The summed E-state index contributed by atoms with van der Waals surface area (Å²) < 4.78 is 0. The van der Waals surface area contributed by atoms with Crippen molar-refractivity contribution in [2.75, 3.05) is 6.54 Å². The number of hydrogen-bond acceptors (Lipinski definition) is 3. The van der Waals surface area contributed by atoms with E-state index < -0.39 is 5.97 Å². The van der Waals surface area contributed by atoms with Crippen LogP contribution in [0.25, 0.3) is 0 Å². The molecule has 2 N–H and O–H groups in total. The fourth-order valence-corrected chi connectivity index (χ4v) is 1.15. The molecule has 0 saturated heterocycles. The average Bonchev–Trinajstić information content (AvgIpc) is 2.25. The predicted octanol–water partition coefficient (Wildman–Crippen LogP) is 1.33. The van der Waals surface area contributed by atoms with Gasteiger partial charge in [-0.2, -0.15) is 0 Å². The van der Waals surface area contributed by atoms with Gasteiger partial charge in [0, 0.05) is 19.2 Å². The van der Waals surface area contributed by atoms with Crippen LogP contribution in [-0.4, -0.2) is 28.5 Å². The monoisotopic (exact) mass is 242 g/mol. The SMILES string of the molecule is O=C(O)CCCNC(=O)c1ccc(Cl)cn1. The number of hydrogen-bond donors (Lipinski definition) is 2. The molecule has 0 saturated carbocycles. The van der Waals surface area contributed by atoms with Crippen molar-refractivity contribution in [1.29, 1.82) is 0 Å². The zero-order chi connectivity index (χ0) is 12.0. The summed E-state index contributed by atoms with van der Waals surface area (Å²) in [5, 5.41) is 11.4. The molecular weight excluding hydrogens is 232 g/mol. The van der Waals surface area contributed by atoms with Crippen LogP contribution in [0.1, 0.15) is 23.3 Å². The summed E-state index contributed by atoms with van der Waals surface area (Å²) in [6.45, 7) is 0.315. The van der Waals surface area contributed by atoms with Crippen LogP contribution in [-0.2, 0) is 4.79 Å². The Morgan fingerprint density at radius 1 is 1.44 bits per heavy atom. The van der Waals surface area contributed by atoms with Gasteiger partial charge in [-0.15, -0.1) is 0 Å². The van der Waals surface area contributed by atoms with Gasteiger partial charge in [-0.25, -0.2) is 4.98 Å². The van der Waals surface area contributed by atoms with Crippen LogP contribution in [0, 0.1) is 0 Å². The Balaban J connectivity index is 2.35. The van der Waals surface area contributed by atoms with Crippen molar-refractivity contribution in [1.82, 2.24) is 10.3 Å². The number of nitrogens with one attached hydrogen (secondary N) is 1. The smallest absolute Gasteiger partial charge is 0.303 e. The Morgan fingerprint density at radius 2 is 2.19 bits per heavy atom. The van der Waals surface area contributed by atoms with Crippen molar-refractivity contribution in [2.24, 2.45) is 0 Å². The molecule has 1 aromatic rings. The molecular formula is C10H11ClN2O3. The molecule has 0 aliphatic carbocycles. The van der Waals surface area contributed by atoms with Gasteiger partial charge in [0.2, 0.25) is 0 Å². The lowest BCUT2D eigenvalue weighted by atomic mass is 10.3. The highest BCUT2D eigenvalue weighted by atomic mass is 35.5. The number of aromatic nitrogens is 1. The Bertz CT molecular complexity index is 378. The van der Waals surface area contributed by atoms with Gasteiger partial charge in [0.15, 0.2) is 0 Å². The minimum absolute atomic E-state index is 0.0360. The summed E-state index contributed by atoms with van der Waals surface area (Å²) in [6, 6.07) is 3.08. The van der Waals surface area contributed by atoms with E-state index in [-0.39, 0.29) is 18.0 Å². The van der Waals surface area contributed by atoms with E-state index in [9.17, 15) is 9.59 Å². The van der Waals surface area contributed by atoms with Crippen molar-refractivity contribution in [3.8, 4) is 0 Å². The third-order valence-corrected chi connectivity index (χ3v) is 2.04. The lowest BCUT2D eigenvalue weighted by Gasteiger charge is -2.03. The number of carbonyl (C=O) groups is 2. The van der Waals surface area contributed by atoms with Crippen LogP contribution in [0.5, 0.6) is 0 Å². The van der Waals surface area contributed by atoms with Gasteiger partial charge in [0.1, 0.15) is 5.69 Å². The second-order valence-electron chi connectivity index (χ2n) is 3.11. The first-order chi connectivity index (χ1) is 7.59. The molecule has 86 valence electrons. The number of aliphatic carboxylic acids is 1. The number of nitrogens with zero attached hydrogens (tertiary/aromatic N) is 1. The maximum absolute atomic E-state index is 11.4. The van der Waals surface area contributed by atoms with Crippen molar-refractivity contribution in [2.45, 2.75) is 12.8 Å². The number of pyridine rings is 1. The standard InChI is InChI=1S/C10H11ClN2O3/c11-7-3-4-8(13-6-7)10(16)12-5-1-2-9(14)15/h3-4,6H,1-2,5H2,(H,12,16)(H,14,15). The third kappa shape index (κ3) is 4.27. The van der Waals surface area contributed by atoms with Crippen LogP contribution < -0.4 is 5.32 Å². The summed E-state index contributed by atoms with van der Waals surface area (Å²) in [4.78, 5) is 25.5. The molecule has 0 aromatic carbocycles. The van der Waals surface area contributed by atoms with Gasteiger partial charge in [0.25, 0.3) is 5.91 Å². The van der Waals surface area contributed by atoms with Crippen LogP contribution in [0.2, 0.25) is 5.02 Å². The molecule has 1 rings (SSSR count). The zero-order valence-electron chi connectivity index (χ0n) is 8.44. The molecule has 0 aliphatic heterocycles. The minimum Gasteiger partial charge on any atom is -0.481 e. The van der Waals surface area contributed by atoms with Crippen LogP contribution >= 0.6 is 11.6 Å². The first-order valence-corrected chi connectivity index (χ1v) is 5.09. The molecule has 5 nitrogen and oxygen atoms in total. The van der Waals surface area contributed by atoms with E-state index >= 15 is 0 Å². The van der Waals surface area contributed by atoms with E-state index in [1.165, 1.54) is 12.3 Å². The largest absolute Gasteiger partial charge is 0.481 e. The number of rotatable bonds is 5. The van der Waals surface area contributed by atoms with Crippen molar-refractivity contribution >= 4 is 23.5 Å². The topological polar surface area (TPSA) is 79.3 Å². The highest BCUT2D eigenvalue weighted by Crippen LogP contribution is 2.05. The van der Waals surface area contributed by atoms with E-state index in [4.69, 9.17) is 16.7 Å². The highest BCUT2D eigenvalue weighted by molar-refractivity contribution is 6.30. The van der Waals surface area contributed by atoms with Gasteiger partial charge in [-0.05, 0) is 18.6 Å². The van der Waals surface area contributed by atoms with E-state index in [2.05, 4.69) is 10.3 Å². The zero-order valence-corrected chi connectivity index (χ0v) is 9.20. The summed E-state index contributed by atoms with van der Waals surface area (Å²) >= 11 is 5.62. The predicted molar refractivity (Wildman–Crippen MR) is 58.5 cm³/mol. The van der Waals surface area contributed by atoms with E-state index in [0.717, 1.165) is 0 Å². The molecule has 1 amide bonds. The highest BCUT2D eigenvalue weighted by Gasteiger charge is 2.06. The molecule has 6 heteroatoms. The molecule has 1 heterocycles. The molecule has 0 aliphatic rings. The van der Waals surface area contributed by atoms with Gasteiger partial charge < -0.3 is 10.4 Å². The summed E-state index contributed by atoms with van der Waals surface area (Å²) in [5.41, 5.74) is 0.264. The third-order valence-electron chi connectivity index (χ3n) is 1.81. The van der Waals surface area contributed by atoms with E-state index in [1.807, 2.05) is 0 Å². The lowest BCUT2D eigenvalue weighted by Crippen LogP contribution is -2.25. The Kier molecular flexibility index (Phi) is 4.72. The van der Waals surface area contributed by atoms with Gasteiger partial charge in [0.05, 0.1) is 5.02 Å². The fourth-order valence-electron chi connectivity index (χ4n) is 1.04. The number of carboxylic acid groups (broad SMARTS) is 1. The molecule has 0 spiro atoms. The second-order valence-corrected chi connectivity index (χ2v) is 3.55. The molecule has 0 atom stereocenters. The summed E-state index contributed by atoms with van der Waals surface area (Å²) in [7, 11) is 0. The maximum Gasteiger partial charge on any atom is 0.303 e. The Morgan fingerprint density at radius 3 is 2.75 bits per heavy atom. The van der Waals surface area contributed by atoms with Crippen LogP contribution in [0.4, 0.5) is 0 Å². The van der Waals surface area contributed by atoms with Gasteiger partial charge in [-0.1, -0.05) is 11.6 Å². The first kappa shape index (κ1) is 12.4. The van der Waals surface area contributed by atoms with E-state index in [0.29, 0.717) is 18.0 Å². The van der Waals surface area contributed by atoms with E-state index in [1.54, 1.807) is 6.07 Å². The van der Waals surface area contributed by atoms with Crippen molar-refractivity contribution in [3.63, 3.8) is 0 Å². The fraction of sp³-hybridized carbons (Fsp3) is 0.300. The lowest BCUT2D eigenvalue weighted by molar-refractivity contribution is -0.137. The average molecular weight is 243 g/mol. The normalized spacial score (nSPS) is 9.81. The summed E-state index contributed by atoms with van der Waals surface area (Å²) in [5.74, 6) is -1.21. The van der Waals surface area contributed by atoms with Crippen LogP contribution in [0.3, 0.4) is 0 Å². The summed E-state index contributed by atoms with van der Waals surface area (Å²) in [6.07, 6.45) is 1.82. The molecule has 0 radical (unpaired) electrons. The molecule has 0 fully saturated rings. The number of halogens is 1.